The highest BCUT2D eigenvalue weighted by Gasteiger charge is 2.27. The molecule has 1 N–H and O–H groups in total. The van der Waals surface area contributed by atoms with E-state index in [0.717, 1.165) is 26.7 Å². The predicted octanol–water partition coefficient (Wildman–Crippen LogP) is 6.44. The summed E-state index contributed by atoms with van der Waals surface area (Å²) in [6.45, 7) is 3.43. The van der Waals surface area contributed by atoms with Crippen molar-refractivity contribution in [3.05, 3.63) is 114 Å². The second-order valence-corrected chi connectivity index (χ2v) is 11.7. The molecule has 0 aromatic heterocycles. The standard InChI is InChI=1S/C30H30N2O4S2/c1-22-9-16-28(17-10-22)38(34,35)32(25-12-14-26(36-3)15-13-25)20-30(33)31-29-18-11-24(19-23(29)2)21-37-27-7-5-4-6-8-27/h4-19H,20-21H2,1-3H3,(H,31,33). The van der Waals surface area contributed by atoms with Crippen LogP contribution in [-0.2, 0) is 20.6 Å². The summed E-state index contributed by atoms with van der Waals surface area (Å²) in [5.41, 5.74) is 3.99. The molecule has 38 heavy (non-hydrogen) atoms. The van der Waals surface area contributed by atoms with Crippen LogP contribution in [0.1, 0.15) is 16.7 Å². The summed E-state index contributed by atoms with van der Waals surface area (Å²) < 4.78 is 33.5. The summed E-state index contributed by atoms with van der Waals surface area (Å²) in [6, 6.07) is 29.2. The molecule has 4 aromatic carbocycles. The average Bonchev–Trinajstić information content (AvgIpc) is 2.93. The zero-order valence-corrected chi connectivity index (χ0v) is 23.2. The predicted molar refractivity (Wildman–Crippen MR) is 155 cm³/mol. The van der Waals surface area contributed by atoms with Gasteiger partial charge in [-0.2, -0.15) is 0 Å². The van der Waals surface area contributed by atoms with Crippen molar-refractivity contribution < 1.29 is 17.9 Å². The number of nitrogens with zero attached hydrogens (tertiary/aromatic N) is 1. The molecule has 0 saturated heterocycles. The number of benzene rings is 4. The van der Waals surface area contributed by atoms with Gasteiger partial charge in [0.25, 0.3) is 10.0 Å². The Morgan fingerprint density at radius 3 is 2.21 bits per heavy atom. The molecule has 0 aliphatic heterocycles. The van der Waals surface area contributed by atoms with Crippen molar-refractivity contribution in [2.45, 2.75) is 29.4 Å². The van der Waals surface area contributed by atoms with Crippen molar-refractivity contribution in [3.8, 4) is 5.75 Å². The van der Waals surface area contributed by atoms with E-state index in [1.807, 2.05) is 50.2 Å². The fourth-order valence-corrected chi connectivity index (χ4v) is 6.14. The third-order valence-electron chi connectivity index (χ3n) is 5.97. The van der Waals surface area contributed by atoms with Gasteiger partial charge in [-0.25, -0.2) is 8.42 Å². The SMILES string of the molecule is COc1ccc(N(CC(=O)Nc2ccc(CSc3ccccc3)cc2C)S(=O)(=O)c2ccc(C)cc2)cc1. The van der Waals surface area contributed by atoms with Crippen molar-refractivity contribution in [2.75, 3.05) is 23.3 Å². The number of methoxy groups -OCH3 is 1. The van der Waals surface area contributed by atoms with Crippen LogP contribution in [0.5, 0.6) is 5.75 Å². The van der Waals surface area contributed by atoms with E-state index in [1.165, 1.54) is 12.0 Å². The first-order valence-electron chi connectivity index (χ1n) is 12.1. The lowest BCUT2D eigenvalue weighted by atomic mass is 10.1. The van der Waals surface area contributed by atoms with Crippen LogP contribution in [0.4, 0.5) is 11.4 Å². The highest BCUT2D eigenvalue weighted by molar-refractivity contribution is 7.98. The van der Waals surface area contributed by atoms with Crippen LogP contribution in [0.3, 0.4) is 0 Å². The number of aryl methyl sites for hydroxylation is 2. The van der Waals surface area contributed by atoms with E-state index < -0.39 is 15.9 Å². The van der Waals surface area contributed by atoms with Gasteiger partial charge in [-0.3, -0.25) is 9.10 Å². The first-order chi connectivity index (χ1) is 18.3. The molecule has 0 aliphatic carbocycles. The zero-order valence-electron chi connectivity index (χ0n) is 21.5. The van der Waals surface area contributed by atoms with Gasteiger partial charge in [-0.15, -0.1) is 11.8 Å². The summed E-state index contributed by atoms with van der Waals surface area (Å²) in [7, 11) is -2.46. The summed E-state index contributed by atoms with van der Waals surface area (Å²) in [4.78, 5) is 14.5. The fraction of sp³-hybridized carbons (Fsp3) is 0.167. The third-order valence-corrected chi connectivity index (χ3v) is 8.84. The topological polar surface area (TPSA) is 75.7 Å². The van der Waals surface area contributed by atoms with Crippen molar-refractivity contribution in [3.63, 3.8) is 0 Å². The summed E-state index contributed by atoms with van der Waals surface area (Å²) in [5, 5.41) is 2.89. The molecule has 0 heterocycles. The van der Waals surface area contributed by atoms with Gasteiger partial charge in [0.05, 0.1) is 17.7 Å². The minimum Gasteiger partial charge on any atom is -0.497 e. The van der Waals surface area contributed by atoms with E-state index in [-0.39, 0.29) is 11.4 Å². The van der Waals surface area contributed by atoms with Crippen molar-refractivity contribution in [1.82, 2.24) is 0 Å². The Balaban J connectivity index is 1.52. The van der Waals surface area contributed by atoms with Crippen LogP contribution in [0.2, 0.25) is 0 Å². The second-order valence-electron chi connectivity index (χ2n) is 8.82. The summed E-state index contributed by atoms with van der Waals surface area (Å²) in [5.74, 6) is 0.956. The Kier molecular flexibility index (Phi) is 8.76. The molecule has 8 heteroatoms. The fourth-order valence-electron chi connectivity index (χ4n) is 3.86. The van der Waals surface area contributed by atoms with Gasteiger partial charge in [-0.1, -0.05) is 48.0 Å². The number of thioether (sulfide) groups is 1. The van der Waals surface area contributed by atoms with E-state index in [2.05, 4.69) is 17.4 Å². The van der Waals surface area contributed by atoms with Gasteiger partial charge in [0.1, 0.15) is 12.3 Å². The molecule has 0 spiro atoms. The molecule has 196 valence electrons. The van der Waals surface area contributed by atoms with Crippen LogP contribution >= 0.6 is 11.8 Å². The number of hydrogen-bond acceptors (Lipinski definition) is 5. The number of sulfonamides is 1. The van der Waals surface area contributed by atoms with E-state index in [0.29, 0.717) is 17.1 Å². The minimum atomic E-state index is -4.00. The zero-order chi connectivity index (χ0) is 27.1. The number of nitrogens with one attached hydrogen (secondary N) is 1. The van der Waals surface area contributed by atoms with Crippen LogP contribution in [0, 0.1) is 13.8 Å². The van der Waals surface area contributed by atoms with Gasteiger partial charge in [0.2, 0.25) is 5.91 Å². The number of hydrogen-bond donors (Lipinski definition) is 1. The van der Waals surface area contributed by atoms with Crippen LogP contribution in [0.15, 0.2) is 107 Å². The molecule has 0 radical (unpaired) electrons. The molecule has 0 atom stereocenters. The molecule has 0 unspecified atom stereocenters. The molecular formula is C30H30N2O4S2. The number of carbonyl (C=O) groups is 1. The first kappa shape index (κ1) is 27.3. The Hall–Kier alpha value is -3.75. The largest absolute Gasteiger partial charge is 0.497 e. The van der Waals surface area contributed by atoms with Crippen LogP contribution in [-0.4, -0.2) is 28.0 Å². The van der Waals surface area contributed by atoms with E-state index in [9.17, 15) is 13.2 Å². The maximum atomic E-state index is 13.6. The Morgan fingerprint density at radius 1 is 0.895 bits per heavy atom. The Labute approximate surface area is 228 Å². The van der Waals surface area contributed by atoms with Gasteiger partial charge in [-0.05, 0) is 79.6 Å². The van der Waals surface area contributed by atoms with Crippen LogP contribution < -0.4 is 14.4 Å². The van der Waals surface area contributed by atoms with Gasteiger partial charge in [0.15, 0.2) is 0 Å². The number of ether oxygens (including phenoxy) is 1. The lowest BCUT2D eigenvalue weighted by Crippen LogP contribution is -2.38. The molecule has 0 aliphatic rings. The molecule has 4 rings (SSSR count). The highest BCUT2D eigenvalue weighted by Crippen LogP contribution is 2.27. The number of carbonyl (C=O) groups excluding carboxylic acids is 1. The number of rotatable bonds is 10. The Morgan fingerprint density at radius 2 is 1.58 bits per heavy atom. The molecule has 4 aromatic rings. The monoisotopic (exact) mass is 546 g/mol. The van der Waals surface area contributed by atoms with Gasteiger partial charge < -0.3 is 10.1 Å². The molecule has 0 bridgehead atoms. The first-order valence-corrected chi connectivity index (χ1v) is 14.5. The number of amides is 1. The van der Waals surface area contributed by atoms with Gasteiger partial charge in [0, 0.05) is 16.3 Å². The molecule has 6 nitrogen and oxygen atoms in total. The number of anilines is 2. The average molecular weight is 547 g/mol. The normalized spacial score (nSPS) is 11.1. The highest BCUT2D eigenvalue weighted by atomic mass is 32.2. The van der Waals surface area contributed by atoms with E-state index >= 15 is 0 Å². The maximum Gasteiger partial charge on any atom is 0.264 e. The van der Waals surface area contributed by atoms with Gasteiger partial charge >= 0.3 is 0 Å². The van der Waals surface area contributed by atoms with Crippen molar-refractivity contribution >= 4 is 39.1 Å². The third kappa shape index (κ3) is 6.76. The molecular weight excluding hydrogens is 516 g/mol. The second kappa shape index (κ2) is 12.2. The molecule has 0 saturated carbocycles. The lowest BCUT2D eigenvalue weighted by molar-refractivity contribution is -0.114. The van der Waals surface area contributed by atoms with E-state index in [1.54, 1.807) is 60.3 Å². The summed E-state index contributed by atoms with van der Waals surface area (Å²) in [6.07, 6.45) is 0. The summed E-state index contributed by atoms with van der Waals surface area (Å²) >= 11 is 1.74. The Bertz CT molecular complexity index is 1490. The smallest absolute Gasteiger partial charge is 0.264 e. The minimum absolute atomic E-state index is 0.114. The van der Waals surface area contributed by atoms with Crippen molar-refractivity contribution in [1.29, 1.82) is 0 Å². The lowest BCUT2D eigenvalue weighted by Gasteiger charge is -2.24. The quantitative estimate of drug-likeness (QED) is 0.232. The van der Waals surface area contributed by atoms with E-state index in [4.69, 9.17) is 4.74 Å². The van der Waals surface area contributed by atoms with Crippen molar-refractivity contribution in [2.24, 2.45) is 0 Å². The van der Waals surface area contributed by atoms with Crippen LogP contribution in [0.25, 0.3) is 0 Å². The molecule has 0 fully saturated rings. The molecule has 1 amide bonds. The maximum absolute atomic E-state index is 13.6.